The molecular weight excluding hydrogens is 361 g/mol. The molecule has 26 heavy (non-hydrogen) atoms. The summed E-state index contributed by atoms with van der Waals surface area (Å²) in [5.41, 5.74) is -0.130. The summed E-state index contributed by atoms with van der Waals surface area (Å²) in [6.07, 6.45) is 5.80. The summed E-state index contributed by atoms with van der Waals surface area (Å²) in [5, 5.41) is -0.172. The molecule has 0 amide bonds. The molecule has 2 aliphatic carbocycles. The van der Waals surface area contributed by atoms with Crippen LogP contribution >= 0.6 is 11.6 Å². The Bertz CT molecular complexity index is 618. The van der Waals surface area contributed by atoms with Crippen LogP contribution in [0.3, 0.4) is 0 Å². The number of methoxy groups -OCH3 is 1. The summed E-state index contributed by atoms with van der Waals surface area (Å²) in [6.45, 7) is 2.33. The zero-order valence-corrected chi connectivity index (χ0v) is 16.3. The van der Waals surface area contributed by atoms with Crippen molar-refractivity contribution in [2.24, 2.45) is 17.8 Å². The Kier molecular flexibility index (Phi) is 6.23. The Morgan fingerprint density at radius 1 is 0.962 bits per heavy atom. The molecule has 1 aromatic carbocycles. The summed E-state index contributed by atoms with van der Waals surface area (Å²) in [5.74, 6) is 1.52. The average Bonchev–Trinajstić information content (AvgIpc) is 2.64. The molecule has 2 saturated carbocycles. The van der Waals surface area contributed by atoms with Crippen molar-refractivity contribution < 1.29 is 17.9 Å². The molecule has 146 valence electrons. The SMILES string of the molecule is COC(F)(F)c1ccc(C2CCC(C3CCC(C)CC3)CC2)c(Cl)c1F. The van der Waals surface area contributed by atoms with E-state index in [1.807, 2.05) is 0 Å². The van der Waals surface area contributed by atoms with Gasteiger partial charge in [-0.05, 0) is 73.8 Å². The largest absolute Gasteiger partial charge is 0.385 e. The van der Waals surface area contributed by atoms with Crippen molar-refractivity contribution in [1.82, 2.24) is 0 Å². The first-order valence-corrected chi connectivity index (χ1v) is 10.1. The monoisotopic (exact) mass is 388 g/mol. The summed E-state index contributed by atoms with van der Waals surface area (Å²) in [4.78, 5) is 0. The third-order valence-electron chi connectivity index (χ3n) is 6.62. The van der Waals surface area contributed by atoms with E-state index in [1.165, 1.54) is 25.7 Å². The van der Waals surface area contributed by atoms with Gasteiger partial charge < -0.3 is 4.74 Å². The maximum atomic E-state index is 14.4. The number of hydrogen-bond acceptors (Lipinski definition) is 1. The van der Waals surface area contributed by atoms with Gasteiger partial charge in [-0.2, -0.15) is 8.78 Å². The zero-order chi connectivity index (χ0) is 18.9. The van der Waals surface area contributed by atoms with E-state index in [4.69, 9.17) is 11.6 Å². The predicted octanol–water partition coefficient (Wildman–Crippen LogP) is 7.27. The molecule has 2 aliphatic rings. The molecule has 0 bridgehead atoms. The predicted molar refractivity (Wildman–Crippen MR) is 98.1 cm³/mol. The van der Waals surface area contributed by atoms with Gasteiger partial charge in [0.2, 0.25) is 0 Å². The fourth-order valence-corrected chi connectivity index (χ4v) is 5.19. The molecule has 0 saturated heterocycles. The van der Waals surface area contributed by atoms with Gasteiger partial charge >= 0.3 is 6.11 Å². The molecular formula is C21H28ClF3O. The number of hydrogen-bond donors (Lipinski definition) is 0. The van der Waals surface area contributed by atoms with Gasteiger partial charge in [0, 0.05) is 7.11 Å². The van der Waals surface area contributed by atoms with Crippen LogP contribution in [0.15, 0.2) is 12.1 Å². The lowest BCUT2D eigenvalue weighted by Crippen LogP contribution is -2.25. The Morgan fingerprint density at radius 2 is 1.50 bits per heavy atom. The second-order valence-electron chi connectivity index (χ2n) is 8.18. The maximum absolute atomic E-state index is 14.4. The van der Waals surface area contributed by atoms with Crippen molar-refractivity contribution in [2.75, 3.05) is 7.11 Å². The van der Waals surface area contributed by atoms with E-state index >= 15 is 0 Å². The van der Waals surface area contributed by atoms with Crippen molar-refractivity contribution in [3.63, 3.8) is 0 Å². The van der Waals surface area contributed by atoms with Crippen molar-refractivity contribution >= 4 is 11.6 Å². The van der Waals surface area contributed by atoms with Crippen molar-refractivity contribution in [3.05, 3.63) is 34.1 Å². The fourth-order valence-electron chi connectivity index (χ4n) is 4.87. The van der Waals surface area contributed by atoms with Crippen LogP contribution in [0.2, 0.25) is 5.02 Å². The maximum Gasteiger partial charge on any atom is 0.385 e. The van der Waals surface area contributed by atoms with Crippen LogP contribution in [0.4, 0.5) is 13.2 Å². The lowest BCUT2D eigenvalue weighted by atomic mass is 9.68. The van der Waals surface area contributed by atoms with Gasteiger partial charge in [0.25, 0.3) is 0 Å². The quantitative estimate of drug-likeness (QED) is 0.526. The average molecular weight is 389 g/mol. The Labute approximate surface area is 159 Å². The number of rotatable bonds is 4. The summed E-state index contributed by atoms with van der Waals surface area (Å²) in [7, 11) is 0.856. The van der Waals surface area contributed by atoms with Crippen LogP contribution in [0.1, 0.15) is 75.3 Å². The summed E-state index contributed by atoms with van der Waals surface area (Å²) in [6, 6.07) is 2.68. The Morgan fingerprint density at radius 3 is 2.04 bits per heavy atom. The molecule has 2 fully saturated rings. The molecule has 0 unspecified atom stereocenters. The van der Waals surface area contributed by atoms with E-state index in [2.05, 4.69) is 11.7 Å². The minimum absolute atomic E-state index is 0.154. The first-order chi connectivity index (χ1) is 12.3. The van der Waals surface area contributed by atoms with Gasteiger partial charge in [-0.25, -0.2) is 4.39 Å². The second kappa shape index (κ2) is 8.10. The first-order valence-electron chi connectivity index (χ1n) is 9.74. The Balaban J connectivity index is 1.67. The van der Waals surface area contributed by atoms with E-state index in [-0.39, 0.29) is 10.9 Å². The van der Waals surface area contributed by atoms with Crippen LogP contribution in [0, 0.1) is 23.6 Å². The van der Waals surface area contributed by atoms with Crippen LogP contribution in [0.25, 0.3) is 0 Å². The van der Waals surface area contributed by atoms with Crippen LogP contribution in [-0.2, 0) is 10.8 Å². The zero-order valence-electron chi connectivity index (χ0n) is 15.5. The third kappa shape index (κ3) is 4.06. The van der Waals surface area contributed by atoms with Crippen molar-refractivity contribution in [1.29, 1.82) is 0 Å². The van der Waals surface area contributed by atoms with Gasteiger partial charge in [0.05, 0.1) is 10.6 Å². The van der Waals surface area contributed by atoms with Crippen molar-refractivity contribution in [2.45, 2.75) is 70.3 Å². The smallest absolute Gasteiger partial charge is 0.320 e. The molecule has 3 rings (SSSR count). The number of benzene rings is 1. The van der Waals surface area contributed by atoms with Crippen LogP contribution in [-0.4, -0.2) is 7.11 Å². The van der Waals surface area contributed by atoms with E-state index < -0.39 is 17.5 Å². The van der Waals surface area contributed by atoms with E-state index in [0.717, 1.165) is 56.6 Å². The molecule has 0 heterocycles. The highest BCUT2D eigenvalue weighted by Crippen LogP contribution is 2.46. The third-order valence-corrected chi connectivity index (χ3v) is 7.01. The number of halogens is 4. The van der Waals surface area contributed by atoms with Crippen molar-refractivity contribution in [3.8, 4) is 0 Å². The molecule has 0 aliphatic heterocycles. The fraction of sp³-hybridized carbons (Fsp3) is 0.714. The topological polar surface area (TPSA) is 9.23 Å². The van der Waals surface area contributed by atoms with E-state index in [1.54, 1.807) is 6.07 Å². The summed E-state index contributed by atoms with van der Waals surface area (Å²) < 4.78 is 45.8. The number of alkyl halides is 2. The molecule has 0 aromatic heterocycles. The van der Waals surface area contributed by atoms with E-state index in [9.17, 15) is 13.2 Å². The molecule has 1 nitrogen and oxygen atoms in total. The van der Waals surface area contributed by atoms with Gasteiger partial charge in [0.15, 0.2) is 5.82 Å². The molecule has 5 heteroatoms. The lowest BCUT2D eigenvalue weighted by Gasteiger charge is -2.37. The minimum Gasteiger partial charge on any atom is -0.320 e. The highest BCUT2D eigenvalue weighted by Gasteiger charge is 2.37. The molecule has 0 atom stereocenters. The van der Waals surface area contributed by atoms with Gasteiger partial charge in [-0.15, -0.1) is 0 Å². The normalized spacial score (nSPS) is 30.4. The summed E-state index contributed by atoms with van der Waals surface area (Å²) >= 11 is 6.13. The van der Waals surface area contributed by atoms with Crippen LogP contribution in [0.5, 0.6) is 0 Å². The standard InChI is InChI=1S/C21H28ClF3O/c1-13-3-5-14(6-4-13)15-7-9-16(10-8-15)17-11-12-18(20(23)19(17)22)21(24,25)26-2/h11-16H,3-10H2,1-2H3. The molecule has 0 radical (unpaired) electrons. The second-order valence-corrected chi connectivity index (χ2v) is 8.56. The minimum atomic E-state index is -3.66. The molecule has 0 spiro atoms. The van der Waals surface area contributed by atoms with Crippen LogP contribution < -0.4 is 0 Å². The molecule has 0 N–H and O–H groups in total. The highest BCUT2D eigenvalue weighted by atomic mass is 35.5. The van der Waals surface area contributed by atoms with E-state index in [0.29, 0.717) is 5.56 Å². The first kappa shape index (κ1) is 20.0. The molecule has 1 aromatic rings. The lowest BCUT2D eigenvalue weighted by molar-refractivity contribution is -0.233. The number of ether oxygens (including phenoxy) is 1. The van der Waals surface area contributed by atoms with Gasteiger partial charge in [0.1, 0.15) is 0 Å². The Hall–Kier alpha value is -0.740. The van der Waals surface area contributed by atoms with Gasteiger partial charge in [-0.1, -0.05) is 37.4 Å². The highest BCUT2D eigenvalue weighted by molar-refractivity contribution is 6.31. The van der Waals surface area contributed by atoms with Gasteiger partial charge in [-0.3, -0.25) is 0 Å².